The summed E-state index contributed by atoms with van der Waals surface area (Å²) in [5.41, 5.74) is -0.410. The number of nitrogens with one attached hydrogen (secondary N) is 1. The summed E-state index contributed by atoms with van der Waals surface area (Å²) in [7, 11) is -0.814. The third kappa shape index (κ3) is 3.75. The Morgan fingerprint density at radius 2 is 2.05 bits per heavy atom. The van der Waals surface area contributed by atoms with E-state index in [2.05, 4.69) is 5.32 Å². The van der Waals surface area contributed by atoms with Crippen LogP contribution in [0.15, 0.2) is 28.0 Å². The lowest BCUT2D eigenvalue weighted by atomic mass is 10.2. The number of nitrogens with zero attached hydrogens (tertiary/aromatic N) is 2. The predicted molar refractivity (Wildman–Crippen MR) is 81.9 cm³/mol. The second-order valence-corrected chi connectivity index (χ2v) is 7.96. The van der Waals surface area contributed by atoms with Gasteiger partial charge in [-0.15, -0.1) is 0 Å². The molecule has 1 heterocycles. The minimum atomic E-state index is -3.64. The van der Waals surface area contributed by atoms with Gasteiger partial charge in [0, 0.05) is 32.4 Å². The van der Waals surface area contributed by atoms with Crippen LogP contribution in [0.1, 0.15) is 19.8 Å². The van der Waals surface area contributed by atoms with Gasteiger partial charge < -0.3 is 9.88 Å². The van der Waals surface area contributed by atoms with Crippen molar-refractivity contribution >= 4 is 15.9 Å². The number of pyridine rings is 1. The molecule has 0 bridgehead atoms. The maximum absolute atomic E-state index is 12.1. The number of amides is 1. The Labute approximate surface area is 130 Å². The number of sulfonamides is 1. The average Bonchev–Trinajstić information content (AvgIpc) is 3.25. The zero-order valence-corrected chi connectivity index (χ0v) is 13.8. The van der Waals surface area contributed by atoms with E-state index in [4.69, 9.17) is 0 Å². The quantitative estimate of drug-likeness (QED) is 0.797. The molecule has 1 aliphatic rings. The van der Waals surface area contributed by atoms with Crippen molar-refractivity contribution in [2.75, 3.05) is 14.1 Å². The van der Waals surface area contributed by atoms with E-state index in [0.717, 1.165) is 27.8 Å². The van der Waals surface area contributed by atoms with Crippen LogP contribution in [0.5, 0.6) is 0 Å². The molecule has 122 valence electrons. The van der Waals surface area contributed by atoms with Crippen molar-refractivity contribution in [2.24, 2.45) is 5.92 Å². The Bertz CT molecular complexity index is 720. The first-order valence-corrected chi connectivity index (χ1v) is 8.58. The van der Waals surface area contributed by atoms with Crippen LogP contribution in [0, 0.1) is 5.92 Å². The van der Waals surface area contributed by atoms with Crippen LogP contribution < -0.4 is 10.9 Å². The Balaban J connectivity index is 2.16. The number of hydrogen-bond donors (Lipinski definition) is 1. The van der Waals surface area contributed by atoms with Crippen LogP contribution in [0.25, 0.3) is 0 Å². The molecule has 1 aromatic rings. The molecule has 0 spiro atoms. The van der Waals surface area contributed by atoms with Crippen molar-refractivity contribution in [1.82, 2.24) is 14.2 Å². The Morgan fingerprint density at radius 3 is 2.59 bits per heavy atom. The third-order valence-electron chi connectivity index (χ3n) is 3.77. The molecule has 1 aromatic heterocycles. The van der Waals surface area contributed by atoms with Crippen LogP contribution >= 0.6 is 0 Å². The van der Waals surface area contributed by atoms with E-state index >= 15 is 0 Å². The van der Waals surface area contributed by atoms with Gasteiger partial charge in [-0.1, -0.05) is 0 Å². The van der Waals surface area contributed by atoms with Gasteiger partial charge in [0.25, 0.3) is 5.56 Å². The van der Waals surface area contributed by atoms with Crippen molar-refractivity contribution in [3.63, 3.8) is 0 Å². The first-order valence-electron chi connectivity index (χ1n) is 7.14. The number of carbonyl (C=O) groups is 1. The number of aromatic nitrogens is 1. The first kappa shape index (κ1) is 16.7. The Kier molecular flexibility index (Phi) is 4.72. The smallest absolute Gasteiger partial charge is 0.251 e. The van der Waals surface area contributed by atoms with Gasteiger partial charge in [0.15, 0.2) is 0 Å². The van der Waals surface area contributed by atoms with Crippen molar-refractivity contribution < 1.29 is 13.2 Å². The van der Waals surface area contributed by atoms with Gasteiger partial charge in [-0.05, 0) is 31.7 Å². The summed E-state index contributed by atoms with van der Waals surface area (Å²) in [6.07, 6.45) is 3.43. The van der Waals surface area contributed by atoms with E-state index in [0.29, 0.717) is 5.92 Å². The highest BCUT2D eigenvalue weighted by Crippen LogP contribution is 2.32. The zero-order chi connectivity index (χ0) is 16.5. The molecule has 0 aliphatic heterocycles. The maximum Gasteiger partial charge on any atom is 0.251 e. The van der Waals surface area contributed by atoms with Crippen molar-refractivity contribution in [3.8, 4) is 0 Å². The summed E-state index contributed by atoms with van der Waals surface area (Å²) < 4.78 is 26.3. The third-order valence-corrected chi connectivity index (χ3v) is 5.57. The van der Waals surface area contributed by atoms with Gasteiger partial charge >= 0.3 is 0 Å². The van der Waals surface area contributed by atoms with E-state index in [1.165, 1.54) is 26.4 Å². The van der Waals surface area contributed by atoms with Gasteiger partial charge in [0.1, 0.15) is 6.54 Å². The molecule has 0 saturated heterocycles. The van der Waals surface area contributed by atoms with Gasteiger partial charge in [0.2, 0.25) is 15.9 Å². The van der Waals surface area contributed by atoms with Crippen LogP contribution in [0.2, 0.25) is 0 Å². The largest absolute Gasteiger partial charge is 0.352 e. The molecular formula is C14H21N3O4S. The number of carbonyl (C=O) groups excluding carboxylic acids is 1. The lowest BCUT2D eigenvalue weighted by molar-refractivity contribution is -0.122. The van der Waals surface area contributed by atoms with Crippen LogP contribution in [0.3, 0.4) is 0 Å². The van der Waals surface area contributed by atoms with E-state index in [-0.39, 0.29) is 23.4 Å². The summed E-state index contributed by atoms with van der Waals surface area (Å²) in [6.45, 7) is 1.75. The van der Waals surface area contributed by atoms with Gasteiger partial charge in [-0.3, -0.25) is 9.59 Å². The fourth-order valence-corrected chi connectivity index (χ4v) is 3.09. The summed E-state index contributed by atoms with van der Waals surface area (Å²) in [4.78, 5) is 23.8. The molecule has 1 aliphatic carbocycles. The maximum atomic E-state index is 12.1. The normalized spacial score (nSPS) is 16.5. The predicted octanol–water partition coefficient (Wildman–Crippen LogP) is 0.0133. The molecule has 1 N–H and O–H groups in total. The molecule has 1 fully saturated rings. The molecule has 0 radical (unpaired) electrons. The molecule has 1 saturated carbocycles. The summed E-state index contributed by atoms with van der Waals surface area (Å²) in [5.74, 6) is 0.224. The molecule has 8 heteroatoms. The fourth-order valence-electron chi connectivity index (χ4n) is 2.16. The molecule has 22 heavy (non-hydrogen) atoms. The molecule has 0 unspecified atom stereocenters. The van der Waals surface area contributed by atoms with E-state index in [1.54, 1.807) is 0 Å². The lowest BCUT2D eigenvalue weighted by Gasteiger charge is -2.15. The molecule has 2 rings (SSSR count). The average molecular weight is 327 g/mol. The highest BCUT2D eigenvalue weighted by Gasteiger charge is 2.29. The van der Waals surface area contributed by atoms with E-state index < -0.39 is 15.6 Å². The number of hydrogen-bond acceptors (Lipinski definition) is 4. The fraction of sp³-hybridized carbons (Fsp3) is 0.571. The molecule has 7 nitrogen and oxygen atoms in total. The molecule has 0 aromatic carbocycles. The SMILES string of the molecule is C[C@@H](NC(=O)Cn1cc(S(=O)(=O)N(C)C)ccc1=O)C1CC1. The minimum Gasteiger partial charge on any atom is -0.352 e. The highest BCUT2D eigenvalue weighted by molar-refractivity contribution is 7.89. The second-order valence-electron chi connectivity index (χ2n) is 5.81. The molecule has 1 amide bonds. The summed E-state index contributed by atoms with van der Waals surface area (Å²) in [6, 6.07) is 2.49. The van der Waals surface area contributed by atoms with E-state index in [1.807, 2.05) is 6.92 Å². The van der Waals surface area contributed by atoms with Crippen molar-refractivity contribution in [2.45, 2.75) is 37.2 Å². The lowest BCUT2D eigenvalue weighted by Crippen LogP contribution is -2.38. The first-order chi connectivity index (χ1) is 10.2. The molecule has 1 atom stereocenters. The van der Waals surface area contributed by atoms with Crippen molar-refractivity contribution in [1.29, 1.82) is 0 Å². The van der Waals surface area contributed by atoms with Gasteiger partial charge in [0.05, 0.1) is 4.90 Å². The van der Waals surface area contributed by atoms with Crippen LogP contribution in [-0.2, 0) is 21.4 Å². The summed E-state index contributed by atoms with van der Waals surface area (Å²) in [5, 5.41) is 2.84. The highest BCUT2D eigenvalue weighted by atomic mass is 32.2. The Hall–Kier alpha value is -1.67. The number of rotatable bonds is 6. The standard InChI is InChI=1S/C14H21N3O4S/c1-10(11-4-5-11)15-13(18)9-17-8-12(6-7-14(17)19)22(20,21)16(2)3/h6-8,10-11H,4-5,9H2,1-3H3,(H,15,18)/t10-/m1/s1. The monoisotopic (exact) mass is 327 g/mol. The van der Waals surface area contributed by atoms with E-state index in [9.17, 15) is 18.0 Å². The van der Waals surface area contributed by atoms with Crippen molar-refractivity contribution in [3.05, 3.63) is 28.7 Å². The van der Waals surface area contributed by atoms with Crippen LogP contribution in [0.4, 0.5) is 0 Å². The van der Waals surface area contributed by atoms with Gasteiger partial charge in [-0.25, -0.2) is 12.7 Å². The minimum absolute atomic E-state index is 0.0138. The van der Waals surface area contributed by atoms with Gasteiger partial charge in [-0.2, -0.15) is 0 Å². The van der Waals surface area contributed by atoms with Crippen LogP contribution in [-0.4, -0.2) is 43.3 Å². The second kappa shape index (κ2) is 6.21. The molecular weight excluding hydrogens is 306 g/mol. The topological polar surface area (TPSA) is 88.5 Å². The summed E-state index contributed by atoms with van der Waals surface area (Å²) >= 11 is 0. The zero-order valence-electron chi connectivity index (χ0n) is 12.9. The Morgan fingerprint density at radius 1 is 1.41 bits per heavy atom.